The first-order chi connectivity index (χ1) is 13.6. The van der Waals surface area contributed by atoms with Crippen LogP contribution in [0, 0.1) is 0 Å². The molecule has 6 nitrogen and oxygen atoms in total. The van der Waals surface area contributed by atoms with E-state index in [1.807, 2.05) is 41.3 Å². The van der Waals surface area contributed by atoms with Crippen LogP contribution in [0.4, 0.5) is 4.79 Å². The van der Waals surface area contributed by atoms with Crippen molar-refractivity contribution in [3.05, 3.63) is 58.8 Å². The minimum Gasteiger partial charge on any atom is -0.445 e. The van der Waals surface area contributed by atoms with Crippen molar-refractivity contribution in [3.63, 3.8) is 0 Å². The SMILES string of the molecule is O=C(OCc1ccccc1)N1CC[C@@H](n2ccc3cc(Br)nnc32)CC12CC2. The average molecular weight is 441 g/mol. The summed E-state index contributed by atoms with van der Waals surface area (Å²) in [5, 5.41) is 9.59. The molecular weight excluding hydrogens is 420 g/mol. The Labute approximate surface area is 171 Å². The minimum atomic E-state index is -0.194. The Balaban J connectivity index is 1.29. The van der Waals surface area contributed by atoms with Gasteiger partial charge in [0.05, 0.1) is 0 Å². The van der Waals surface area contributed by atoms with E-state index in [1.54, 1.807) is 0 Å². The predicted molar refractivity (Wildman–Crippen MR) is 109 cm³/mol. The molecule has 2 fully saturated rings. The Hall–Kier alpha value is -2.41. The van der Waals surface area contributed by atoms with Gasteiger partial charge in [0, 0.05) is 29.7 Å². The molecule has 3 aromatic rings. The molecule has 28 heavy (non-hydrogen) atoms. The molecule has 1 aliphatic heterocycles. The van der Waals surface area contributed by atoms with Crippen molar-refractivity contribution in [2.75, 3.05) is 6.54 Å². The highest BCUT2D eigenvalue weighted by Gasteiger charge is 2.54. The molecule has 1 saturated carbocycles. The molecule has 144 valence electrons. The molecule has 1 saturated heterocycles. The Kier molecular flexibility index (Phi) is 4.34. The number of carbonyl (C=O) groups excluding carboxylic acids is 1. The van der Waals surface area contributed by atoms with Gasteiger partial charge in [-0.15, -0.1) is 10.2 Å². The van der Waals surface area contributed by atoms with Crippen LogP contribution in [0.3, 0.4) is 0 Å². The van der Waals surface area contributed by atoms with Gasteiger partial charge in [-0.05, 0) is 59.3 Å². The van der Waals surface area contributed by atoms with E-state index >= 15 is 0 Å². The van der Waals surface area contributed by atoms with E-state index in [1.165, 1.54) is 0 Å². The van der Waals surface area contributed by atoms with Gasteiger partial charge < -0.3 is 14.2 Å². The third-order valence-electron chi connectivity index (χ3n) is 5.95. The first-order valence-electron chi connectivity index (χ1n) is 9.63. The first-order valence-corrected chi connectivity index (χ1v) is 10.4. The molecule has 1 atom stereocenters. The van der Waals surface area contributed by atoms with Gasteiger partial charge in [-0.1, -0.05) is 30.3 Å². The fourth-order valence-electron chi connectivity index (χ4n) is 4.33. The topological polar surface area (TPSA) is 60.2 Å². The number of piperidine rings is 1. The second-order valence-electron chi connectivity index (χ2n) is 7.73. The van der Waals surface area contributed by atoms with E-state index in [-0.39, 0.29) is 11.6 Å². The summed E-state index contributed by atoms with van der Waals surface area (Å²) in [4.78, 5) is 14.7. The van der Waals surface area contributed by atoms with Crippen molar-refractivity contribution in [1.29, 1.82) is 0 Å². The van der Waals surface area contributed by atoms with Gasteiger partial charge in [-0.25, -0.2) is 4.79 Å². The molecule has 1 aliphatic carbocycles. The maximum atomic E-state index is 12.7. The lowest BCUT2D eigenvalue weighted by Crippen LogP contribution is -2.48. The Morgan fingerprint density at radius 3 is 2.82 bits per heavy atom. The third-order valence-corrected chi connectivity index (χ3v) is 6.34. The Morgan fingerprint density at radius 1 is 1.21 bits per heavy atom. The van der Waals surface area contributed by atoms with E-state index < -0.39 is 0 Å². The van der Waals surface area contributed by atoms with E-state index in [0.717, 1.165) is 46.9 Å². The summed E-state index contributed by atoms with van der Waals surface area (Å²) in [6.07, 6.45) is 5.82. The number of ether oxygens (including phenoxy) is 1. The summed E-state index contributed by atoms with van der Waals surface area (Å²) in [5.41, 5.74) is 1.86. The second-order valence-corrected chi connectivity index (χ2v) is 8.54. The smallest absolute Gasteiger partial charge is 0.410 e. The van der Waals surface area contributed by atoms with Crippen LogP contribution in [0.2, 0.25) is 0 Å². The normalized spacial score (nSPS) is 20.5. The van der Waals surface area contributed by atoms with Crippen LogP contribution < -0.4 is 0 Å². The van der Waals surface area contributed by atoms with Crippen LogP contribution >= 0.6 is 15.9 Å². The maximum Gasteiger partial charge on any atom is 0.410 e. The number of hydrogen-bond acceptors (Lipinski definition) is 4. The third kappa shape index (κ3) is 3.17. The number of carbonyl (C=O) groups is 1. The number of amides is 1. The monoisotopic (exact) mass is 440 g/mol. The molecule has 7 heteroatoms. The van der Waals surface area contributed by atoms with Gasteiger partial charge in [-0.2, -0.15) is 0 Å². The van der Waals surface area contributed by atoms with Crippen molar-refractivity contribution in [1.82, 2.24) is 19.7 Å². The molecule has 5 rings (SSSR count). The van der Waals surface area contributed by atoms with Crippen LogP contribution in [0.5, 0.6) is 0 Å². The highest BCUT2D eigenvalue weighted by Crippen LogP contribution is 2.51. The summed E-state index contributed by atoms with van der Waals surface area (Å²) in [5.74, 6) is 0. The van der Waals surface area contributed by atoms with E-state index in [4.69, 9.17) is 4.74 Å². The zero-order valence-electron chi connectivity index (χ0n) is 15.4. The molecule has 1 spiro atoms. The highest BCUT2D eigenvalue weighted by atomic mass is 79.9. The molecule has 0 radical (unpaired) electrons. The fourth-order valence-corrected chi connectivity index (χ4v) is 4.65. The number of aromatic nitrogens is 3. The lowest BCUT2D eigenvalue weighted by molar-refractivity contribution is 0.0507. The minimum absolute atomic E-state index is 0.0595. The lowest BCUT2D eigenvalue weighted by atomic mass is 9.95. The largest absolute Gasteiger partial charge is 0.445 e. The quantitative estimate of drug-likeness (QED) is 0.591. The number of benzene rings is 1. The predicted octanol–water partition coefficient (Wildman–Crippen LogP) is 4.70. The summed E-state index contributed by atoms with van der Waals surface area (Å²) in [6.45, 7) is 1.03. The standard InChI is InChI=1S/C21H21BrN4O2/c22-18-12-16-6-10-25(19(16)24-23-18)17-7-11-26(21(13-17)8-9-21)20(27)28-14-15-4-2-1-3-5-15/h1-6,10,12,17H,7-9,11,13-14H2/t17-/m1/s1. The lowest BCUT2D eigenvalue weighted by Gasteiger charge is -2.40. The van der Waals surface area contributed by atoms with Gasteiger partial charge in [0.1, 0.15) is 11.2 Å². The Morgan fingerprint density at radius 2 is 2.04 bits per heavy atom. The average Bonchev–Trinajstić information content (AvgIpc) is 3.34. The molecule has 0 N–H and O–H groups in total. The first kappa shape index (κ1) is 17.7. The van der Waals surface area contributed by atoms with Crippen molar-refractivity contribution in [2.45, 2.75) is 43.9 Å². The van der Waals surface area contributed by atoms with Crippen LogP contribution in [-0.4, -0.2) is 37.8 Å². The fraction of sp³-hybridized carbons (Fsp3) is 0.381. The number of fused-ring (bicyclic) bond motifs is 1. The molecule has 0 bridgehead atoms. The number of halogens is 1. The van der Waals surface area contributed by atoms with Crippen molar-refractivity contribution in [3.8, 4) is 0 Å². The summed E-state index contributed by atoms with van der Waals surface area (Å²) >= 11 is 3.38. The zero-order chi connectivity index (χ0) is 19.1. The van der Waals surface area contributed by atoms with Crippen LogP contribution in [-0.2, 0) is 11.3 Å². The van der Waals surface area contributed by atoms with Gasteiger partial charge in [0.25, 0.3) is 0 Å². The van der Waals surface area contributed by atoms with Crippen molar-refractivity contribution >= 4 is 33.1 Å². The van der Waals surface area contributed by atoms with E-state index in [0.29, 0.717) is 19.2 Å². The molecule has 1 amide bonds. The summed E-state index contributed by atoms with van der Waals surface area (Å²) < 4.78 is 8.57. The molecule has 3 heterocycles. The number of nitrogens with zero attached hydrogens (tertiary/aromatic N) is 4. The highest BCUT2D eigenvalue weighted by molar-refractivity contribution is 9.10. The molecule has 1 aromatic carbocycles. The molecule has 0 unspecified atom stereocenters. The van der Waals surface area contributed by atoms with Gasteiger partial charge in [-0.3, -0.25) is 0 Å². The van der Waals surface area contributed by atoms with E-state index in [9.17, 15) is 4.79 Å². The zero-order valence-corrected chi connectivity index (χ0v) is 17.0. The second kappa shape index (κ2) is 6.88. The summed E-state index contributed by atoms with van der Waals surface area (Å²) in [6, 6.07) is 14.2. The van der Waals surface area contributed by atoms with Crippen LogP contribution in [0.1, 0.15) is 37.3 Å². The van der Waals surface area contributed by atoms with E-state index in [2.05, 4.69) is 43.0 Å². The summed E-state index contributed by atoms with van der Waals surface area (Å²) in [7, 11) is 0. The van der Waals surface area contributed by atoms with Gasteiger partial charge >= 0.3 is 6.09 Å². The van der Waals surface area contributed by atoms with Crippen molar-refractivity contribution < 1.29 is 9.53 Å². The van der Waals surface area contributed by atoms with Gasteiger partial charge in [0.15, 0.2) is 5.65 Å². The number of rotatable bonds is 3. The van der Waals surface area contributed by atoms with Crippen molar-refractivity contribution in [2.24, 2.45) is 0 Å². The van der Waals surface area contributed by atoms with Gasteiger partial charge in [0.2, 0.25) is 0 Å². The number of likely N-dealkylation sites (tertiary alicyclic amines) is 1. The molecule has 2 aromatic heterocycles. The Bertz CT molecular complexity index is 1020. The van der Waals surface area contributed by atoms with Crippen LogP contribution in [0.25, 0.3) is 11.0 Å². The van der Waals surface area contributed by atoms with Crippen LogP contribution in [0.15, 0.2) is 53.3 Å². The molecular formula is C21H21BrN4O2. The number of hydrogen-bond donors (Lipinski definition) is 0. The molecule has 2 aliphatic rings. The maximum absolute atomic E-state index is 12.7.